The van der Waals surface area contributed by atoms with E-state index in [1.807, 2.05) is 30.9 Å². The molecule has 2 bridgehead atoms. The fourth-order valence-electron chi connectivity index (χ4n) is 5.10. The maximum atomic E-state index is 12.7. The van der Waals surface area contributed by atoms with Crippen LogP contribution < -0.4 is 4.90 Å². The summed E-state index contributed by atoms with van der Waals surface area (Å²) in [5.74, 6) is -1.63. The highest BCUT2D eigenvalue weighted by Gasteiger charge is 2.37. The Morgan fingerprint density at radius 1 is 0.895 bits per heavy atom. The number of carboxylic acid groups (broad SMARTS) is 2. The maximum Gasteiger partial charge on any atom is 0.328 e. The molecule has 3 aliphatic rings. The number of rotatable bonds is 9. The molecule has 0 spiro atoms. The summed E-state index contributed by atoms with van der Waals surface area (Å²) in [6.07, 6.45) is 3.72. The van der Waals surface area contributed by atoms with E-state index in [1.54, 1.807) is 0 Å². The van der Waals surface area contributed by atoms with Gasteiger partial charge in [-0.05, 0) is 75.5 Å². The summed E-state index contributed by atoms with van der Waals surface area (Å²) in [6, 6.07) is 19.6. The third-order valence-corrected chi connectivity index (χ3v) is 7.08. The molecule has 0 radical (unpaired) electrons. The van der Waals surface area contributed by atoms with Crippen molar-refractivity contribution in [2.24, 2.45) is 5.92 Å². The second kappa shape index (κ2) is 14.9. The van der Waals surface area contributed by atoms with Gasteiger partial charge in [0.25, 0.3) is 5.91 Å². The van der Waals surface area contributed by atoms with Gasteiger partial charge in [0.1, 0.15) is 0 Å². The summed E-state index contributed by atoms with van der Waals surface area (Å²) in [6.45, 7) is 10.1. The fourth-order valence-corrected chi connectivity index (χ4v) is 5.10. The molecule has 1 atom stereocenters. The van der Waals surface area contributed by atoms with Crippen LogP contribution in [0.15, 0.2) is 66.7 Å². The first-order valence-corrected chi connectivity index (χ1v) is 12.9. The molecule has 2 aromatic carbocycles. The smallest absolute Gasteiger partial charge is 0.328 e. The molecular weight excluding hydrogens is 486 g/mol. The van der Waals surface area contributed by atoms with Crippen LogP contribution in [0.3, 0.4) is 0 Å². The van der Waals surface area contributed by atoms with Crippen molar-refractivity contribution in [3.8, 4) is 0 Å². The molecular formula is C29H39N3O6. The second-order valence-corrected chi connectivity index (χ2v) is 9.35. The number of carbonyl (C=O) groups is 3. The van der Waals surface area contributed by atoms with E-state index in [1.165, 1.54) is 37.2 Å². The minimum absolute atomic E-state index is 0. The lowest BCUT2D eigenvalue weighted by atomic mass is 9.82. The van der Waals surface area contributed by atoms with Gasteiger partial charge in [-0.2, -0.15) is 0 Å². The van der Waals surface area contributed by atoms with E-state index in [9.17, 15) is 14.4 Å². The van der Waals surface area contributed by atoms with Crippen LogP contribution >= 0.6 is 0 Å². The van der Waals surface area contributed by atoms with Gasteiger partial charge < -0.3 is 30.4 Å². The Balaban J connectivity index is 0.000000493. The zero-order valence-electron chi connectivity index (χ0n) is 22.1. The van der Waals surface area contributed by atoms with Gasteiger partial charge in [0.15, 0.2) is 0 Å². The van der Waals surface area contributed by atoms with Gasteiger partial charge >= 0.3 is 11.9 Å². The lowest BCUT2D eigenvalue weighted by Crippen LogP contribution is -2.57. The Morgan fingerprint density at radius 2 is 1.45 bits per heavy atom. The Labute approximate surface area is 224 Å². The largest absolute Gasteiger partial charge is 0.478 e. The minimum atomic E-state index is -1.26. The third kappa shape index (κ3) is 8.43. The van der Waals surface area contributed by atoms with Gasteiger partial charge in [0.2, 0.25) is 0 Å². The highest BCUT2D eigenvalue weighted by Crippen LogP contribution is 2.34. The monoisotopic (exact) mass is 525 g/mol. The molecule has 38 heavy (non-hydrogen) atoms. The summed E-state index contributed by atoms with van der Waals surface area (Å²) in [4.78, 5) is 38.9. The first-order chi connectivity index (χ1) is 17.8. The fraction of sp³-hybridized carbons (Fsp3) is 0.414. The van der Waals surface area contributed by atoms with Gasteiger partial charge in [-0.15, -0.1) is 0 Å². The number of amides is 1. The highest BCUT2D eigenvalue weighted by molar-refractivity contribution is 5.94. The third-order valence-electron chi connectivity index (χ3n) is 7.08. The van der Waals surface area contributed by atoms with Gasteiger partial charge in [0.05, 0.1) is 0 Å². The molecule has 3 aliphatic heterocycles. The van der Waals surface area contributed by atoms with Crippen molar-refractivity contribution < 1.29 is 30.1 Å². The predicted octanol–water partition coefficient (Wildman–Crippen LogP) is 3.16. The quantitative estimate of drug-likeness (QED) is 0.481. The van der Waals surface area contributed by atoms with Crippen molar-refractivity contribution in [1.82, 2.24) is 9.80 Å². The zero-order valence-corrected chi connectivity index (χ0v) is 22.1. The lowest BCUT2D eigenvalue weighted by molar-refractivity contribution is -0.134. The molecule has 1 unspecified atom stereocenters. The highest BCUT2D eigenvalue weighted by atomic mass is 16.4. The minimum Gasteiger partial charge on any atom is -0.478 e. The van der Waals surface area contributed by atoms with Crippen LogP contribution in [0.1, 0.15) is 42.6 Å². The molecule has 3 saturated heterocycles. The first-order valence-electron chi connectivity index (χ1n) is 12.9. The van der Waals surface area contributed by atoms with Crippen molar-refractivity contribution in [3.63, 3.8) is 0 Å². The van der Waals surface area contributed by atoms with Gasteiger partial charge in [-0.25, -0.2) is 9.59 Å². The molecule has 0 saturated carbocycles. The Bertz CT molecular complexity index is 1050. The van der Waals surface area contributed by atoms with Crippen molar-refractivity contribution in [2.45, 2.75) is 39.3 Å². The van der Waals surface area contributed by atoms with E-state index in [0.29, 0.717) is 18.2 Å². The molecule has 3 heterocycles. The number of nitrogens with zero attached hydrogens (tertiary/aromatic N) is 3. The Kier molecular flexibility index (Phi) is 12.0. The normalized spacial score (nSPS) is 19.6. The molecule has 3 fully saturated rings. The first kappa shape index (κ1) is 30.5. The predicted molar refractivity (Wildman–Crippen MR) is 147 cm³/mol. The average molecular weight is 526 g/mol. The maximum absolute atomic E-state index is 12.7. The van der Waals surface area contributed by atoms with Crippen LogP contribution in [0.25, 0.3) is 0 Å². The van der Waals surface area contributed by atoms with Gasteiger partial charge in [-0.3, -0.25) is 4.79 Å². The number of aliphatic carboxylic acids is 2. The molecule has 206 valence electrons. The second-order valence-electron chi connectivity index (χ2n) is 9.35. The zero-order chi connectivity index (χ0) is 26.8. The van der Waals surface area contributed by atoms with E-state index in [4.69, 9.17) is 10.2 Å². The van der Waals surface area contributed by atoms with Crippen LogP contribution in [-0.2, 0) is 16.1 Å². The Hall–Kier alpha value is -3.69. The molecule has 2 aromatic rings. The molecule has 4 N–H and O–H groups in total. The molecule has 9 heteroatoms. The van der Waals surface area contributed by atoms with Crippen molar-refractivity contribution in [2.75, 3.05) is 37.6 Å². The van der Waals surface area contributed by atoms with Crippen LogP contribution in [0.5, 0.6) is 0 Å². The molecule has 9 nitrogen and oxygen atoms in total. The molecule has 0 aromatic heterocycles. The summed E-state index contributed by atoms with van der Waals surface area (Å²) >= 11 is 0. The number of hydrogen-bond donors (Lipinski definition) is 2. The van der Waals surface area contributed by atoms with Crippen LogP contribution in [0.4, 0.5) is 5.69 Å². The van der Waals surface area contributed by atoms with Crippen LogP contribution in [0.2, 0.25) is 0 Å². The number of piperidine rings is 3. The number of hydrogen-bond acceptors (Lipinski definition) is 5. The van der Waals surface area contributed by atoms with Gasteiger partial charge in [-0.1, -0.05) is 30.3 Å². The summed E-state index contributed by atoms with van der Waals surface area (Å²) in [5, 5.41) is 15.6. The summed E-state index contributed by atoms with van der Waals surface area (Å²) < 4.78 is 0. The number of fused-ring (bicyclic) bond motifs is 3. The molecule has 5 rings (SSSR count). The van der Waals surface area contributed by atoms with E-state index >= 15 is 0 Å². The van der Waals surface area contributed by atoms with E-state index in [2.05, 4.69) is 52.3 Å². The summed E-state index contributed by atoms with van der Waals surface area (Å²) in [7, 11) is 0. The van der Waals surface area contributed by atoms with E-state index < -0.39 is 11.9 Å². The van der Waals surface area contributed by atoms with Crippen molar-refractivity contribution >= 4 is 23.5 Å². The van der Waals surface area contributed by atoms with Crippen LogP contribution in [0, 0.1) is 5.92 Å². The lowest BCUT2D eigenvalue weighted by Gasteiger charge is -2.50. The number of anilines is 1. The SMILES string of the molecule is CCN(CC)C(=O)c1ccc(N(Cc2ccccc2)C2CN3CCC2CC3)cc1.O.O=C(O)/C=C/C(=O)O. The van der Waals surface area contributed by atoms with Crippen LogP contribution in [-0.4, -0.2) is 82.1 Å². The molecule has 0 aliphatic carbocycles. The Morgan fingerprint density at radius 3 is 1.89 bits per heavy atom. The number of benzene rings is 2. The standard InChI is InChI=1S/C25H33N3O.C4H4O4.H2O/c1-3-27(4-2)25(29)22-10-12-23(13-11-22)28(18-20-8-6-5-7-9-20)24-19-26-16-14-21(24)15-17-26;5-3(6)1-2-4(7)8;/h5-13,21,24H,3-4,14-19H2,1-2H3;1-2H,(H,5,6)(H,7,8);1H2/b;2-1+;. The van der Waals surface area contributed by atoms with Crippen molar-refractivity contribution in [3.05, 3.63) is 77.9 Å². The van der Waals surface area contributed by atoms with E-state index in [0.717, 1.165) is 37.7 Å². The van der Waals surface area contributed by atoms with Crippen molar-refractivity contribution in [1.29, 1.82) is 0 Å². The molecule has 1 amide bonds. The number of carbonyl (C=O) groups excluding carboxylic acids is 1. The average Bonchev–Trinajstić information content (AvgIpc) is 2.93. The number of carboxylic acids is 2. The topological polar surface area (TPSA) is 133 Å². The van der Waals surface area contributed by atoms with E-state index in [-0.39, 0.29) is 11.4 Å². The summed E-state index contributed by atoms with van der Waals surface area (Å²) in [5.41, 5.74) is 3.35. The van der Waals surface area contributed by atoms with Gasteiger partial charge in [0, 0.05) is 55.6 Å².